The molecular formula is C10H9IN2. The molecule has 0 aliphatic carbocycles. The first-order chi connectivity index (χ1) is 6.29. The number of aromatic nitrogens is 1. The van der Waals surface area contributed by atoms with Gasteiger partial charge in [0.2, 0.25) is 0 Å². The standard InChI is InChI=1S/C10H9IN2/c11-10-7-6-9(13(10)12)8-4-2-1-3-5-8/h1-7H,12H2. The molecule has 0 spiro atoms. The van der Waals surface area contributed by atoms with E-state index in [1.54, 1.807) is 4.68 Å². The van der Waals surface area contributed by atoms with Gasteiger partial charge in [0.05, 0.1) is 5.69 Å². The molecule has 0 atom stereocenters. The van der Waals surface area contributed by atoms with Crippen LogP contribution < -0.4 is 5.84 Å². The SMILES string of the molecule is Nn1c(I)ccc1-c1ccccc1. The molecule has 2 nitrogen and oxygen atoms in total. The lowest BCUT2D eigenvalue weighted by atomic mass is 10.2. The van der Waals surface area contributed by atoms with E-state index in [0.29, 0.717) is 0 Å². The van der Waals surface area contributed by atoms with Gasteiger partial charge in [-0.25, -0.2) is 0 Å². The molecule has 2 aromatic rings. The summed E-state index contributed by atoms with van der Waals surface area (Å²) in [4.78, 5) is 0. The predicted molar refractivity (Wildman–Crippen MR) is 62.7 cm³/mol. The van der Waals surface area contributed by atoms with Crippen molar-refractivity contribution < 1.29 is 0 Å². The Hall–Kier alpha value is -0.970. The van der Waals surface area contributed by atoms with Gasteiger partial charge in [-0.3, -0.25) is 4.68 Å². The molecule has 0 saturated heterocycles. The predicted octanol–water partition coefficient (Wildman–Crippen LogP) is 2.47. The van der Waals surface area contributed by atoms with Crippen molar-refractivity contribution in [2.45, 2.75) is 0 Å². The van der Waals surface area contributed by atoms with Gasteiger partial charge >= 0.3 is 0 Å². The molecule has 0 radical (unpaired) electrons. The summed E-state index contributed by atoms with van der Waals surface area (Å²) < 4.78 is 2.73. The fourth-order valence-corrected chi connectivity index (χ4v) is 1.71. The lowest BCUT2D eigenvalue weighted by molar-refractivity contribution is 0.995. The fourth-order valence-electron chi connectivity index (χ4n) is 1.27. The van der Waals surface area contributed by atoms with Crippen LogP contribution in [0.25, 0.3) is 11.3 Å². The van der Waals surface area contributed by atoms with Crippen LogP contribution in [0.3, 0.4) is 0 Å². The lowest BCUT2D eigenvalue weighted by Crippen LogP contribution is -2.11. The van der Waals surface area contributed by atoms with Crippen molar-refractivity contribution in [3.63, 3.8) is 0 Å². The third-order valence-electron chi connectivity index (χ3n) is 1.94. The van der Waals surface area contributed by atoms with Gasteiger partial charge in [0.15, 0.2) is 0 Å². The highest BCUT2D eigenvalue weighted by atomic mass is 127. The van der Waals surface area contributed by atoms with Crippen molar-refractivity contribution in [2.24, 2.45) is 0 Å². The molecule has 66 valence electrons. The van der Waals surface area contributed by atoms with Gasteiger partial charge < -0.3 is 5.84 Å². The van der Waals surface area contributed by atoms with Crippen molar-refractivity contribution in [2.75, 3.05) is 5.84 Å². The summed E-state index contributed by atoms with van der Waals surface area (Å²) in [6.45, 7) is 0. The molecule has 3 heteroatoms. The Labute approximate surface area is 90.5 Å². The highest BCUT2D eigenvalue weighted by Gasteiger charge is 2.03. The molecule has 13 heavy (non-hydrogen) atoms. The van der Waals surface area contributed by atoms with Gasteiger partial charge in [-0.1, -0.05) is 30.3 Å². The maximum atomic E-state index is 5.84. The van der Waals surface area contributed by atoms with Gasteiger partial charge in [0.1, 0.15) is 3.70 Å². The van der Waals surface area contributed by atoms with Crippen LogP contribution in [0, 0.1) is 3.70 Å². The quantitative estimate of drug-likeness (QED) is 0.633. The van der Waals surface area contributed by atoms with Crippen molar-refractivity contribution in [3.8, 4) is 11.3 Å². The topological polar surface area (TPSA) is 30.9 Å². The Morgan fingerprint density at radius 1 is 1.00 bits per heavy atom. The highest BCUT2D eigenvalue weighted by Crippen LogP contribution is 2.20. The summed E-state index contributed by atoms with van der Waals surface area (Å²) in [5.74, 6) is 5.84. The van der Waals surface area contributed by atoms with Crippen LogP contribution in [0.15, 0.2) is 42.5 Å². The highest BCUT2D eigenvalue weighted by molar-refractivity contribution is 14.1. The first kappa shape index (κ1) is 8.62. The molecule has 2 rings (SSSR count). The van der Waals surface area contributed by atoms with Gasteiger partial charge in [-0.05, 0) is 34.7 Å². The molecule has 0 fully saturated rings. The number of rotatable bonds is 1. The average Bonchev–Trinajstić information content (AvgIpc) is 2.49. The van der Waals surface area contributed by atoms with E-state index in [1.165, 1.54) is 0 Å². The minimum absolute atomic E-state index is 1.04. The molecule has 2 N–H and O–H groups in total. The molecule has 0 amide bonds. The van der Waals surface area contributed by atoms with E-state index in [0.717, 1.165) is 15.0 Å². The summed E-state index contributed by atoms with van der Waals surface area (Å²) in [5, 5.41) is 0. The average molecular weight is 284 g/mol. The minimum atomic E-state index is 1.04. The van der Waals surface area contributed by atoms with Gasteiger partial charge in [0.25, 0.3) is 0 Å². The van der Waals surface area contributed by atoms with E-state index in [9.17, 15) is 0 Å². The summed E-state index contributed by atoms with van der Waals surface area (Å²) in [7, 11) is 0. The third-order valence-corrected chi connectivity index (χ3v) is 2.82. The van der Waals surface area contributed by atoms with Gasteiger partial charge in [-0.15, -0.1) is 0 Å². The summed E-state index contributed by atoms with van der Waals surface area (Å²) in [6.07, 6.45) is 0. The number of nitrogen functional groups attached to an aromatic ring is 1. The zero-order valence-electron chi connectivity index (χ0n) is 6.94. The normalized spacial score (nSPS) is 10.2. The maximum absolute atomic E-state index is 5.84. The molecule has 0 aliphatic heterocycles. The Morgan fingerprint density at radius 3 is 2.23 bits per heavy atom. The minimum Gasteiger partial charge on any atom is -0.338 e. The third kappa shape index (κ3) is 1.56. The van der Waals surface area contributed by atoms with Crippen LogP contribution in [0.5, 0.6) is 0 Å². The number of nitrogens with zero attached hydrogens (tertiary/aromatic N) is 1. The molecular weight excluding hydrogens is 275 g/mol. The van der Waals surface area contributed by atoms with E-state index in [2.05, 4.69) is 34.7 Å². The summed E-state index contributed by atoms with van der Waals surface area (Å²) in [5.41, 5.74) is 2.19. The van der Waals surface area contributed by atoms with E-state index in [4.69, 9.17) is 5.84 Å². The van der Waals surface area contributed by atoms with Crippen LogP contribution in [-0.4, -0.2) is 4.68 Å². The van der Waals surface area contributed by atoms with Crippen molar-refractivity contribution >= 4 is 22.6 Å². The second-order valence-electron chi connectivity index (χ2n) is 2.78. The number of halogens is 1. The lowest BCUT2D eigenvalue weighted by Gasteiger charge is -2.03. The summed E-state index contributed by atoms with van der Waals surface area (Å²) in [6, 6.07) is 14.1. The molecule has 1 aromatic carbocycles. The number of benzene rings is 1. The Kier molecular flexibility index (Phi) is 2.26. The van der Waals surface area contributed by atoms with Crippen LogP contribution in [-0.2, 0) is 0 Å². The van der Waals surface area contributed by atoms with Crippen molar-refractivity contribution in [3.05, 3.63) is 46.2 Å². The van der Waals surface area contributed by atoms with E-state index in [-0.39, 0.29) is 0 Å². The zero-order chi connectivity index (χ0) is 9.26. The van der Waals surface area contributed by atoms with Crippen LogP contribution in [0.2, 0.25) is 0 Å². The molecule has 0 bridgehead atoms. The summed E-state index contributed by atoms with van der Waals surface area (Å²) >= 11 is 2.21. The Bertz CT molecular complexity index is 406. The van der Waals surface area contributed by atoms with Crippen LogP contribution >= 0.6 is 22.6 Å². The number of hydrogen-bond donors (Lipinski definition) is 1. The molecule has 0 unspecified atom stereocenters. The smallest absolute Gasteiger partial charge is 0.100 e. The second-order valence-corrected chi connectivity index (χ2v) is 3.88. The Morgan fingerprint density at radius 2 is 1.69 bits per heavy atom. The van der Waals surface area contributed by atoms with Gasteiger partial charge in [-0.2, -0.15) is 0 Å². The van der Waals surface area contributed by atoms with Gasteiger partial charge in [0, 0.05) is 5.56 Å². The zero-order valence-corrected chi connectivity index (χ0v) is 9.10. The van der Waals surface area contributed by atoms with Crippen molar-refractivity contribution in [1.29, 1.82) is 0 Å². The van der Waals surface area contributed by atoms with E-state index < -0.39 is 0 Å². The second kappa shape index (κ2) is 3.41. The number of hydrogen-bond acceptors (Lipinski definition) is 1. The Balaban J connectivity index is 2.53. The maximum Gasteiger partial charge on any atom is 0.100 e. The molecule has 0 aliphatic rings. The first-order valence-electron chi connectivity index (χ1n) is 3.97. The molecule has 0 saturated carbocycles. The monoisotopic (exact) mass is 284 g/mol. The number of nitrogens with two attached hydrogens (primary N) is 1. The largest absolute Gasteiger partial charge is 0.338 e. The van der Waals surface area contributed by atoms with Crippen molar-refractivity contribution in [1.82, 2.24) is 4.68 Å². The van der Waals surface area contributed by atoms with E-state index in [1.807, 2.05) is 30.3 Å². The molecule has 1 aromatic heterocycles. The van der Waals surface area contributed by atoms with Crippen LogP contribution in [0.1, 0.15) is 0 Å². The molecule has 1 heterocycles. The fraction of sp³-hybridized carbons (Fsp3) is 0. The first-order valence-corrected chi connectivity index (χ1v) is 5.04. The van der Waals surface area contributed by atoms with Crippen LogP contribution in [0.4, 0.5) is 0 Å². The van der Waals surface area contributed by atoms with E-state index >= 15 is 0 Å².